The van der Waals surface area contributed by atoms with E-state index < -0.39 is 0 Å². The van der Waals surface area contributed by atoms with E-state index in [4.69, 9.17) is 16.7 Å². The van der Waals surface area contributed by atoms with E-state index in [-0.39, 0.29) is 23.7 Å². The number of anilines is 1. The Labute approximate surface area is 124 Å². The van der Waals surface area contributed by atoms with Gasteiger partial charge in [0.05, 0.1) is 25.0 Å². The molecule has 1 aromatic heterocycles. The fraction of sp³-hybridized carbons (Fsp3) is 0.692. The van der Waals surface area contributed by atoms with Crippen LogP contribution in [0.25, 0.3) is 0 Å². The molecule has 0 radical (unpaired) electrons. The molecule has 1 rings (SSSR count). The first-order chi connectivity index (χ1) is 9.47. The molecule has 0 unspecified atom stereocenters. The molecule has 2 N–H and O–H groups in total. The van der Waals surface area contributed by atoms with Crippen LogP contribution in [0.1, 0.15) is 20.3 Å². The van der Waals surface area contributed by atoms with Crippen LogP contribution >= 0.6 is 11.6 Å². The van der Waals surface area contributed by atoms with Crippen LogP contribution in [0, 0.1) is 0 Å². The van der Waals surface area contributed by atoms with Gasteiger partial charge in [0.1, 0.15) is 5.02 Å². The van der Waals surface area contributed by atoms with Crippen LogP contribution in [-0.2, 0) is 6.54 Å². The summed E-state index contributed by atoms with van der Waals surface area (Å²) in [6.45, 7) is 6.00. The summed E-state index contributed by atoms with van der Waals surface area (Å²) in [5.41, 5.74) is 0.156. The normalized spacial score (nSPS) is 11.3. The maximum absolute atomic E-state index is 11.8. The van der Waals surface area contributed by atoms with E-state index in [2.05, 4.69) is 36.2 Å². The second-order valence-corrected chi connectivity index (χ2v) is 5.36. The summed E-state index contributed by atoms with van der Waals surface area (Å²) in [5, 5.41) is 16.0. The van der Waals surface area contributed by atoms with Gasteiger partial charge in [-0.25, -0.2) is 4.68 Å². The number of rotatable bonds is 8. The van der Waals surface area contributed by atoms with Crippen molar-refractivity contribution in [2.24, 2.45) is 0 Å². The molecule has 6 nitrogen and oxygen atoms in total. The molecule has 0 spiro atoms. The van der Waals surface area contributed by atoms with E-state index in [1.54, 1.807) is 0 Å². The molecule has 114 valence electrons. The molecule has 0 saturated carbocycles. The Morgan fingerprint density at radius 1 is 1.55 bits per heavy atom. The van der Waals surface area contributed by atoms with Gasteiger partial charge in [-0.3, -0.25) is 4.79 Å². The van der Waals surface area contributed by atoms with Crippen LogP contribution < -0.4 is 10.9 Å². The summed E-state index contributed by atoms with van der Waals surface area (Å²) >= 11 is 6.00. The van der Waals surface area contributed by atoms with Crippen LogP contribution in [0.5, 0.6) is 0 Å². The minimum atomic E-state index is -0.384. The summed E-state index contributed by atoms with van der Waals surface area (Å²) in [6.07, 6.45) is 2.47. The smallest absolute Gasteiger partial charge is 0.287 e. The van der Waals surface area contributed by atoms with Gasteiger partial charge in [0.15, 0.2) is 0 Å². The Bertz CT molecular complexity index is 476. The Balaban J connectivity index is 2.53. The van der Waals surface area contributed by atoms with Crippen LogP contribution in [0.4, 0.5) is 5.69 Å². The van der Waals surface area contributed by atoms with Crippen molar-refractivity contribution in [3.05, 3.63) is 21.6 Å². The molecule has 1 aromatic rings. The minimum Gasteiger partial charge on any atom is -0.394 e. The Hall–Kier alpha value is -1.11. The molecule has 20 heavy (non-hydrogen) atoms. The number of aliphatic hydroxyl groups is 1. The average Bonchev–Trinajstić information content (AvgIpc) is 2.41. The highest BCUT2D eigenvalue weighted by Gasteiger charge is 2.09. The highest BCUT2D eigenvalue weighted by atomic mass is 35.5. The summed E-state index contributed by atoms with van der Waals surface area (Å²) in [4.78, 5) is 14.1. The average molecular weight is 303 g/mol. The van der Waals surface area contributed by atoms with Gasteiger partial charge >= 0.3 is 0 Å². The van der Waals surface area contributed by atoms with Crippen molar-refractivity contribution in [2.45, 2.75) is 32.9 Å². The van der Waals surface area contributed by atoms with Crippen molar-refractivity contribution in [1.82, 2.24) is 14.7 Å². The maximum atomic E-state index is 11.8. The fourth-order valence-electron chi connectivity index (χ4n) is 1.65. The van der Waals surface area contributed by atoms with E-state index in [0.717, 1.165) is 24.2 Å². The number of nitrogens with one attached hydrogen (secondary N) is 1. The molecule has 1 heterocycles. The summed E-state index contributed by atoms with van der Waals surface area (Å²) in [6, 6.07) is 0.516. The summed E-state index contributed by atoms with van der Waals surface area (Å²) in [7, 11) is 2.08. The van der Waals surface area contributed by atoms with Gasteiger partial charge in [-0.15, -0.1) is 0 Å². The van der Waals surface area contributed by atoms with E-state index in [1.807, 2.05) is 0 Å². The van der Waals surface area contributed by atoms with Gasteiger partial charge in [0.25, 0.3) is 5.56 Å². The Morgan fingerprint density at radius 3 is 2.85 bits per heavy atom. The van der Waals surface area contributed by atoms with Crippen molar-refractivity contribution in [1.29, 1.82) is 0 Å². The predicted octanol–water partition coefficient (Wildman–Crippen LogP) is 1.03. The van der Waals surface area contributed by atoms with Crippen LogP contribution in [0.2, 0.25) is 5.02 Å². The van der Waals surface area contributed by atoms with Crippen molar-refractivity contribution in [2.75, 3.05) is 32.1 Å². The van der Waals surface area contributed by atoms with Crippen LogP contribution in [0.15, 0.2) is 11.0 Å². The topological polar surface area (TPSA) is 70.4 Å². The second kappa shape index (κ2) is 8.24. The molecule has 0 aliphatic rings. The van der Waals surface area contributed by atoms with Crippen molar-refractivity contribution >= 4 is 17.3 Å². The number of nitrogens with zero attached hydrogens (tertiary/aromatic N) is 3. The number of aliphatic hydroxyl groups excluding tert-OH is 1. The summed E-state index contributed by atoms with van der Waals surface area (Å²) in [5.74, 6) is 0. The first-order valence-electron chi connectivity index (χ1n) is 6.78. The molecule has 0 bridgehead atoms. The van der Waals surface area contributed by atoms with Crippen molar-refractivity contribution in [3.63, 3.8) is 0 Å². The highest BCUT2D eigenvalue weighted by molar-refractivity contribution is 6.32. The molecule has 0 atom stereocenters. The van der Waals surface area contributed by atoms with E-state index >= 15 is 0 Å². The lowest BCUT2D eigenvalue weighted by Crippen LogP contribution is -2.29. The van der Waals surface area contributed by atoms with Crippen molar-refractivity contribution in [3.8, 4) is 0 Å². The third-order valence-corrected chi connectivity index (χ3v) is 3.55. The molecule has 0 aliphatic carbocycles. The molecule has 0 aliphatic heterocycles. The van der Waals surface area contributed by atoms with Crippen molar-refractivity contribution < 1.29 is 5.11 Å². The lowest BCUT2D eigenvalue weighted by Gasteiger charge is -2.20. The monoisotopic (exact) mass is 302 g/mol. The minimum absolute atomic E-state index is 0.116. The standard InChI is InChI=1S/C13H23ClN4O2/c1-10(2)17(3)6-4-5-15-11-9-16-18(7-8-19)13(20)12(11)14/h9-10,15,19H,4-8H2,1-3H3. The van der Waals surface area contributed by atoms with Gasteiger partial charge in [-0.2, -0.15) is 5.10 Å². The quantitative estimate of drug-likeness (QED) is 0.702. The second-order valence-electron chi connectivity index (χ2n) is 4.98. The molecule has 0 aromatic carbocycles. The lowest BCUT2D eigenvalue weighted by molar-refractivity contribution is 0.266. The third kappa shape index (κ3) is 4.77. The number of hydrogen-bond acceptors (Lipinski definition) is 5. The predicted molar refractivity (Wildman–Crippen MR) is 81.5 cm³/mol. The lowest BCUT2D eigenvalue weighted by atomic mass is 10.3. The summed E-state index contributed by atoms with van der Waals surface area (Å²) < 4.78 is 1.15. The zero-order valence-electron chi connectivity index (χ0n) is 12.3. The SMILES string of the molecule is CC(C)N(C)CCCNc1cnn(CCO)c(=O)c1Cl. The van der Waals surface area contributed by atoms with Gasteiger partial charge in [-0.1, -0.05) is 11.6 Å². The Kier molecular flexibility index (Phi) is 6.98. The largest absolute Gasteiger partial charge is 0.394 e. The zero-order valence-corrected chi connectivity index (χ0v) is 13.0. The number of hydrogen-bond donors (Lipinski definition) is 2. The van der Waals surface area contributed by atoms with Gasteiger partial charge < -0.3 is 15.3 Å². The van der Waals surface area contributed by atoms with E-state index in [9.17, 15) is 4.79 Å². The molecular weight excluding hydrogens is 280 g/mol. The molecule has 0 fully saturated rings. The number of aromatic nitrogens is 2. The first-order valence-corrected chi connectivity index (χ1v) is 7.15. The number of halogens is 1. The zero-order chi connectivity index (χ0) is 15.1. The Morgan fingerprint density at radius 2 is 2.25 bits per heavy atom. The van der Waals surface area contributed by atoms with E-state index in [1.165, 1.54) is 6.20 Å². The fourth-order valence-corrected chi connectivity index (χ4v) is 1.87. The maximum Gasteiger partial charge on any atom is 0.287 e. The van der Waals surface area contributed by atoms with Crippen LogP contribution in [0.3, 0.4) is 0 Å². The molecular formula is C13H23ClN4O2. The van der Waals surface area contributed by atoms with E-state index in [0.29, 0.717) is 11.7 Å². The first kappa shape index (κ1) is 16.9. The third-order valence-electron chi connectivity index (χ3n) is 3.18. The van der Waals surface area contributed by atoms with Gasteiger partial charge in [0, 0.05) is 12.6 Å². The molecule has 0 amide bonds. The molecule has 7 heteroatoms. The van der Waals surface area contributed by atoms with Gasteiger partial charge in [0.2, 0.25) is 0 Å². The highest BCUT2D eigenvalue weighted by Crippen LogP contribution is 2.14. The molecule has 0 saturated heterocycles. The van der Waals surface area contributed by atoms with Crippen LogP contribution in [-0.4, -0.2) is 52.6 Å². The van der Waals surface area contributed by atoms with Gasteiger partial charge in [-0.05, 0) is 33.9 Å².